The Bertz CT molecular complexity index is 490. The minimum absolute atomic E-state index is 0.210. The summed E-state index contributed by atoms with van der Waals surface area (Å²) in [5.41, 5.74) is 0.976. The summed E-state index contributed by atoms with van der Waals surface area (Å²) in [7, 11) is 0. The molecule has 1 unspecified atom stereocenters. The van der Waals surface area contributed by atoms with Crippen molar-refractivity contribution in [3.63, 3.8) is 0 Å². The van der Waals surface area contributed by atoms with Crippen LogP contribution < -0.4 is 4.74 Å². The van der Waals surface area contributed by atoms with Gasteiger partial charge in [-0.2, -0.15) is 0 Å². The van der Waals surface area contributed by atoms with Crippen molar-refractivity contribution in [3.05, 3.63) is 28.8 Å². The van der Waals surface area contributed by atoms with E-state index in [1.54, 1.807) is 6.92 Å². The molecule has 122 valence electrons. The summed E-state index contributed by atoms with van der Waals surface area (Å²) in [6.45, 7) is 3.50. The summed E-state index contributed by atoms with van der Waals surface area (Å²) in [5, 5.41) is 0.603. The molecule has 5 heteroatoms. The SMILES string of the molecule is CCOC(=O)CC1Cc2cccc(Cl)c2OCCCCCO1. The molecule has 1 aliphatic heterocycles. The topological polar surface area (TPSA) is 44.8 Å². The van der Waals surface area contributed by atoms with Crippen LogP contribution in [0.5, 0.6) is 5.75 Å². The number of hydrogen-bond donors (Lipinski definition) is 0. The molecule has 2 rings (SSSR count). The maximum Gasteiger partial charge on any atom is 0.308 e. The molecule has 22 heavy (non-hydrogen) atoms. The molecule has 0 N–H and O–H groups in total. The van der Waals surface area contributed by atoms with Gasteiger partial charge in [0.1, 0.15) is 5.75 Å². The zero-order valence-electron chi connectivity index (χ0n) is 13.0. The van der Waals surface area contributed by atoms with Crippen molar-refractivity contribution in [2.45, 2.75) is 45.1 Å². The average molecular weight is 327 g/mol. The summed E-state index contributed by atoms with van der Waals surface area (Å²) < 4.78 is 16.8. The van der Waals surface area contributed by atoms with Crippen molar-refractivity contribution in [2.24, 2.45) is 0 Å². The Morgan fingerprint density at radius 1 is 1.32 bits per heavy atom. The fourth-order valence-corrected chi connectivity index (χ4v) is 2.77. The van der Waals surface area contributed by atoms with Crippen molar-refractivity contribution in [2.75, 3.05) is 19.8 Å². The summed E-state index contributed by atoms with van der Waals surface area (Å²) >= 11 is 6.25. The van der Waals surface area contributed by atoms with Gasteiger partial charge in [-0.25, -0.2) is 0 Å². The second-order valence-electron chi connectivity index (χ2n) is 5.34. The molecule has 1 aromatic rings. The Balaban J connectivity index is 2.15. The van der Waals surface area contributed by atoms with Crippen molar-refractivity contribution in [1.82, 2.24) is 0 Å². The van der Waals surface area contributed by atoms with Gasteiger partial charge in [0.15, 0.2) is 0 Å². The van der Waals surface area contributed by atoms with Gasteiger partial charge in [-0.05, 0) is 37.8 Å². The molecule has 0 saturated heterocycles. The second-order valence-corrected chi connectivity index (χ2v) is 5.75. The molecule has 4 nitrogen and oxygen atoms in total. The minimum Gasteiger partial charge on any atom is -0.492 e. The van der Waals surface area contributed by atoms with Crippen LogP contribution in [0.15, 0.2) is 18.2 Å². The van der Waals surface area contributed by atoms with Crippen molar-refractivity contribution in [1.29, 1.82) is 0 Å². The van der Waals surface area contributed by atoms with Crippen molar-refractivity contribution >= 4 is 17.6 Å². The van der Waals surface area contributed by atoms with Crippen LogP contribution >= 0.6 is 11.6 Å². The maximum atomic E-state index is 11.8. The maximum absolute atomic E-state index is 11.8. The molecule has 0 spiro atoms. The lowest BCUT2D eigenvalue weighted by molar-refractivity contribution is -0.146. The van der Waals surface area contributed by atoms with Crippen LogP contribution in [0, 0.1) is 0 Å². The van der Waals surface area contributed by atoms with E-state index in [9.17, 15) is 4.79 Å². The van der Waals surface area contributed by atoms with E-state index < -0.39 is 0 Å². The minimum atomic E-state index is -0.230. The zero-order chi connectivity index (χ0) is 15.8. The van der Waals surface area contributed by atoms with Gasteiger partial charge in [-0.3, -0.25) is 4.79 Å². The van der Waals surface area contributed by atoms with Crippen LogP contribution in [-0.2, 0) is 20.7 Å². The van der Waals surface area contributed by atoms with Gasteiger partial charge < -0.3 is 14.2 Å². The van der Waals surface area contributed by atoms with Crippen LogP contribution in [0.3, 0.4) is 0 Å². The largest absolute Gasteiger partial charge is 0.492 e. The Morgan fingerprint density at radius 2 is 2.14 bits per heavy atom. The highest BCUT2D eigenvalue weighted by atomic mass is 35.5. The molecule has 0 aliphatic carbocycles. The standard InChI is InChI=1S/C17H23ClO4/c1-2-20-16(19)12-14-11-13-7-6-8-15(18)17(13)22-10-5-3-4-9-21-14/h6-8,14H,2-5,9-12H2,1H3. The molecule has 0 bridgehead atoms. The van der Waals surface area contributed by atoms with Crippen molar-refractivity contribution in [3.8, 4) is 5.75 Å². The monoisotopic (exact) mass is 326 g/mol. The number of rotatable bonds is 3. The summed E-state index contributed by atoms with van der Waals surface area (Å²) in [5.74, 6) is 0.482. The molecule has 1 aliphatic rings. The number of benzene rings is 1. The Kier molecular flexibility index (Phi) is 7.00. The second kappa shape index (κ2) is 9.01. The molecule has 0 aromatic heterocycles. The number of esters is 1. The number of hydrogen-bond acceptors (Lipinski definition) is 4. The first kappa shape index (κ1) is 17.1. The normalized spacial score (nSPS) is 19.5. The fraction of sp³-hybridized carbons (Fsp3) is 0.588. The van der Waals surface area contributed by atoms with E-state index in [1.807, 2.05) is 18.2 Å². The molecule has 0 radical (unpaired) electrons. The molecule has 1 atom stereocenters. The van der Waals surface area contributed by atoms with Crippen LogP contribution in [0.25, 0.3) is 0 Å². The van der Waals surface area contributed by atoms with E-state index in [1.165, 1.54) is 0 Å². The third kappa shape index (κ3) is 5.18. The molecular weight excluding hydrogens is 304 g/mol. The van der Waals surface area contributed by atoms with Crippen LogP contribution in [-0.4, -0.2) is 31.9 Å². The van der Waals surface area contributed by atoms with Gasteiger partial charge in [0.25, 0.3) is 0 Å². The van der Waals surface area contributed by atoms with Gasteiger partial charge >= 0.3 is 5.97 Å². The number of ether oxygens (including phenoxy) is 3. The van der Waals surface area contributed by atoms with E-state index in [-0.39, 0.29) is 18.5 Å². The number of carbonyl (C=O) groups is 1. The first-order valence-corrected chi connectivity index (χ1v) is 8.26. The fourth-order valence-electron chi connectivity index (χ4n) is 2.52. The van der Waals surface area contributed by atoms with E-state index in [0.717, 1.165) is 24.8 Å². The lowest BCUT2D eigenvalue weighted by Crippen LogP contribution is -2.22. The number of carbonyl (C=O) groups excluding carboxylic acids is 1. The first-order chi connectivity index (χ1) is 10.7. The van der Waals surface area contributed by atoms with Gasteiger partial charge in [-0.15, -0.1) is 0 Å². The van der Waals surface area contributed by atoms with E-state index in [0.29, 0.717) is 37.0 Å². The Hall–Kier alpha value is -1.26. The average Bonchev–Trinajstić information content (AvgIpc) is 2.52. The van der Waals surface area contributed by atoms with Crippen LogP contribution in [0.4, 0.5) is 0 Å². The van der Waals surface area contributed by atoms with Crippen LogP contribution in [0.2, 0.25) is 5.02 Å². The smallest absolute Gasteiger partial charge is 0.308 e. The highest BCUT2D eigenvalue weighted by Gasteiger charge is 2.20. The third-order valence-electron chi connectivity index (χ3n) is 3.58. The molecular formula is C17H23ClO4. The van der Waals surface area contributed by atoms with Gasteiger partial charge in [0.2, 0.25) is 0 Å². The van der Waals surface area contributed by atoms with E-state index in [2.05, 4.69) is 0 Å². The number of halogens is 1. The quantitative estimate of drug-likeness (QED) is 0.793. The number of para-hydroxylation sites is 1. The first-order valence-electron chi connectivity index (χ1n) is 7.88. The highest BCUT2D eigenvalue weighted by molar-refractivity contribution is 6.32. The van der Waals surface area contributed by atoms with Crippen molar-refractivity contribution < 1.29 is 19.0 Å². The Morgan fingerprint density at radius 3 is 2.95 bits per heavy atom. The summed E-state index contributed by atoms with van der Waals surface area (Å²) in [4.78, 5) is 11.8. The van der Waals surface area contributed by atoms with E-state index >= 15 is 0 Å². The third-order valence-corrected chi connectivity index (χ3v) is 3.88. The molecule has 0 fully saturated rings. The van der Waals surface area contributed by atoms with E-state index in [4.69, 9.17) is 25.8 Å². The predicted molar refractivity (Wildman–Crippen MR) is 85.5 cm³/mol. The predicted octanol–water partition coefficient (Wildman–Crippen LogP) is 3.78. The van der Waals surface area contributed by atoms with Gasteiger partial charge in [0, 0.05) is 13.0 Å². The lowest BCUT2D eigenvalue weighted by atomic mass is 10.0. The lowest BCUT2D eigenvalue weighted by Gasteiger charge is -2.19. The summed E-state index contributed by atoms with van der Waals surface area (Å²) in [6, 6.07) is 5.69. The van der Waals surface area contributed by atoms with Gasteiger partial charge in [-0.1, -0.05) is 23.7 Å². The summed E-state index contributed by atoms with van der Waals surface area (Å²) in [6.07, 6.45) is 3.60. The highest BCUT2D eigenvalue weighted by Crippen LogP contribution is 2.31. The van der Waals surface area contributed by atoms with Crippen LogP contribution in [0.1, 0.15) is 38.2 Å². The Labute approximate surface area is 136 Å². The zero-order valence-corrected chi connectivity index (χ0v) is 13.7. The molecule has 0 amide bonds. The van der Waals surface area contributed by atoms with Gasteiger partial charge in [0.05, 0.1) is 30.8 Å². The molecule has 1 aromatic carbocycles. The molecule has 0 saturated carbocycles. The number of fused-ring (bicyclic) bond motifs is 1. The molecule has 1 heterocycles.